The van der Waals surface area contributed by atoms with Gasteiger partial charge in [0.15, 0.2) is 0 Å². The van der Waals surface area contributed by atoms with Gasteiger partial charge in [0.2, 0.25) is 0 Å². The van der Waals surface area contributed by atoms with Crippen molar-refractivity contribution in [2.75, 3.05) is 13.2 Å². The summed E-state index contributed by atoms with van der Waals surface area (Å²) in [5, 5.41) is 3.51. The summed E-state index contributed by atoms with van der Waals surface area (Å²) in [6.45, 7) is 8.45. The van der Waals surface area contributed by atoms with Crippen LogP contribution in [0.2, 0.25) is 0 Å². The lowest BCUT2D eigenvalue weighted by Crippen LogP contribution is -2.20. The van der Waals surface area contributed by atoms with Crippen molar-refractivity contribution in [3.8, 4) is 5.75 Å². The predicted molar refractivity (Wildman–Crippen MR) is 87.4 cm³/mol. The minimum Gasteiger partial charge on any atom is -0.494 e. The Labute approximate surface area is 124 Å². The zero-order valence-corrected chi connectivity index (χ0v) is 13.5. The van der Waals surface area contributed by atoms with Crippen molar-refractivity contribution in [1.29, 1.82) is 0 Å². The Balaban J connectivity index is 2.39. The molecule has 0 spiro atoms. The topological polar surface area (TPSA) is 21.3 Å². The molecule has 1 aromatic carbocycles. The number of nitrogens with one attached hydrogen (secondary N) is 1. The average molecular weight is 277 g/mol. The van der Waals surface area contributed by atoms with Crippen LogP contribution in [0.4, 0.5) is 0 Å². The Morgan fingerprint density at radius 3 is 2.55 bits per heavy atom. The summed E-state index contributed by atoms with van der Waals surface area (Å²) in [6, 6.07) is 8.97. The van der Waals surface area contributed by atoms with Crippen LogP contribution in [0.25, 0.3) is 0 Å². The van der Waals surface area contributed by atoms with Crippen molar-refractivity contribution in [1.82, 2.24) is 5.32 Å². The number of ether oxygens (including phenoxy) is 1. The van der Waals surface area contributed by atoms with Gasteiger partial charge in [-0.3, -0.25) is 0 Å². The fourth-order valence-electron chi connectivity index (χ4n) is 2.46. The second kappa shape index (κ2) is 10.7. The first-order chi connectivity index (χ1) is 9.81. The Morgan fingerprint density at radius 1 is 1.05 bits per heavy atom. The predicted octanol–water partition coefficient (Wildman–Crippen LogP) is 5.10. The van der Waals surface area contributed by atoms with E-state index in [9.17, 15) is 0 Å². The van der Waals surface area contributed by atoms with Crippen molar-refractivity contribution in [2.24, 2.45) is 0 Å². The highest BCUT2D eigenvalue weighted by Gasteiger charge is 2.08. The van der Waals surface area contributed by atoms with Gasteiger partial charge in [-0.2, -0.15) is 0 Å². The highest BCUT2D eigenvalue weighted by Crippen LogP contribution is 2.21. The van der Waals surface area contributed by atoms with Crippen molar-refractivity contribution in [3.05, 3.63) is 29.8 Å². The smallest absolute Gasteiger partial charge is 0.119 e. The molecule has 0 aromatic heterocycles. The molecule has 2 heteroatoms. The average Bonchev–Trinajstić information content (AvgIpc) is 2.48. The summed E-state index contributed by atoms with van der Waals surface area (Å²) < 4.78 is 5.87. The molecule has 0 bridgehead atoms. The fourth-order valence-corrected chi connectivity index (χ4v) is 2.46. The first-order valence-electron chi connectivity index (χ1n) is 8.27. The Morgan fingerprint density at radius 2 is 1.85 bits per heavy atom. The van der Waals surface area contributed by atoms with Crippen LogP contribution in [0.1, 0.15) is 70.9 Å². The third-order valence-electron chi connectivity index (χ3n) is 3.64. The van der Waals surface area contributed by atoms with Crippen LogP contribution >= 0.6 is 0 Å². The second-order valence-electron chi connectivity index (χ2n) is 5.35. The largest absolute Gasteiger partial charge is 0.494 e. The quantitative estimate of drug-likeness (QED) is 0.568. The summed E-state index contributed by atoms with van der Waals surface area (Å²) in [5.41, 5.74) is 1.33. The number of rotatable bonds is 11. The summed E-state index contributed by atoms with van der Waals surface area (Å²) in [6.07, 6.45) is 7.52. The van der Waals surface area contributed by atoms with Gasteiger partial charge < -0.3 is 10.1 Å². The SMILES string of the molecule is CCCCCCCOc1cccc(C(CC)NCC)c1. The van der Waals surface area contributed by atoms with Gasteiger partial charge in [-0.25, -0.2) is 0 Å². The van der Waals surface area contributed by atoms with Gasteiger partial charge in [0.05, 0.1) is 6.61 Å². The molecule has 2 nitrogen and oxygen atoms in total. The zero-order chi connectivity index (χ0) is 14.6. The molecule has 0 saturated carbocycles. The van der Waals surface area contributed by atoms with E-state index in [4.69, 9.17) is 4.74 Å². The van der Waals surface area contributed by atoms with Crippen molar-refractivity contribution < 1.29 is 4.74 Å². The molecule has 1 rings (SSSR count). The van der Waals surface area contributed by atoms with Crippen LogP contribution in [0.5, 0.6) is 5.75 Å². The van der Waals surface area contributed by atoms with E-state index in [0.29, 0.717) is 6.04 Å². The molecule has 0 aliphatic rings. The molecule has 0 amide bonds. The van der Waals surface area contributed by atoms with Crippen LogP contribution in [-0.4, -0.2) is 13.2 Å². The first kappa shape index (κ1) is 17.0. The molecule has 0 aliphatic heterocycles. The standard InChI is InChI=1S/C18H31NO/c1-4-7-8-9-10-14-20-17-13-11-12-16(15-17)18(5-2)19-6-3/h11-13,15,18-19H,4-10,14H2,1-3H3. The molecule has 20 heavy (non-hydrogen) atoms. The molecule has 0 radical (unpaired) electrons. The lowest BCUT2D eigenvalue weighted by Gasteiger charge is -2.17. The molecule has 0 heterocycles. The maximum absolute atomic E-state index is 5.87. The van der Waals surface area contributed by atoms with Gasteiger partial charge in [-0.15, -0.1) is 0 Å². The van der Waals surface area contributed by atoms with E-state index < -0.39 is 0 Å². The number of unbranched alkanes of at least 4 members (excludes halogenated alkanes) is 4. The Bertz CT molecular complexity index is 351. The van der Waals surface area contributed by atoms with Crippen LogP contribution < -0.4 is 10.1 Å². The van der Waals surface area contributed by atoms with Crippen LogP contribution in [-0.2, 0) is 0 Å². The second-order valence-corrected chi connectivity index (χ2v) is 5.35. The molecular formula is C18H31NO. The van der Waals surface area contributed by atoms with Crippen LogP contribution in [0.15, 0.2) is 24.3 Å². The lowest BCUT2D eigenvalue weighted by atomic mass is 10.0. The Kier molecular flexibility index (Phi) is 9.14. The molecule has 0 fully saturated rings. The van der Waals surface area contributed by atoms with Gasteiger partial charge in [-0.1, -0.05) is 58.6 Å². The first-order valence-corrected chi connectivity index (χ1v) is 8.27. The zero-order valence-electron chi connectivity index (χ0n) is 13.5. The Hall–Kier alpha value is -1.02. The summed E-state index contributed by atoms with van der Waals surface area (Å²) in [7, 11) is 0. The molecular weight excluding hydrogens is 246 g/mol. The molecule has 0 saturated heterocycles. The summed E-state index contributed by atoms with van der Waals surface area (Å²) in [4.78, 5) is 0. The molecule has 1 atom stereocenters. The summed E-state index contributed by atoms with van der Waals surface area (Å²) >= 11 is 0. The maximum atomic E-state index is 5.87. The minimum atomic E-state index is 0.438. The molecule has 114 valence electrons. The third kappa shape index (κ3) is 6.42. The highest BCUT2D eigenvalue weighted by molar-refractivity contribution is 5.30. The van der Waals surface area contributed by atoms with Gasteiger partial charge in [0.25, 0.3) is 0 Å². The van der Waals surface area contributed by atoms with Gasteiger partial charge in [0, 0.05) is 6.04 Å². The van der Waals surface area contributed by atoms with Gasteiger partial charge in [0.1, 0.15) is 5.75 Å². The van der Waals surface area contributed by atoms with E-state index in [0.717, 1.165) is 31.7 Å². The fraction of sp³-hybridized carbons (Fsp3) is 0.667. The van der Waals surface area contributed by atoms with Crippen LogP contribution in [0, 0.1) is 0 Å². The number of hydrogen-bond acceptors (Lipinski definition) is 2. The third-order valence-corrected chi connectivity index (χ3v) is 3.64. The van der Waals surface area contributed by atoms with Gasteiger partial charge >= 0.3 is 0 Å². The van der Waals surface area contributed by atoms with Crippen molar-refractivity contribution >= 4 is 0 Å². The maximum Gasteiger partial charge on any atom is 0.119 e. The van der Waals surface area contributed by atoms with E-state index in [1.807, 2.05) is 0 Å². The monoisotopic (exact) mass is 277 g/mol. The highest BCUT2D eigenvalue weighted by atomic mass is 16.5. The minimum absolute atomic E-state index is 0.438. The molecule has 1 aromatic rings. The van der Waals surface area contributed by atoms with E-state index in [1.54, 1.807) is 0 Å². The number of hydrogen-bond donors (Lipinski definition) is 1. The van der Waals surface area contributed by atoms with E-state index in [-0.39, 0.29) is 0 Å². The molecule has 1 N–H and O–H groups in total. The van der Waals surface area contributed by atoms with Crippen molar-refractivity contribution in [2.45, 2.75) is 65.3 Å². The summed E-state index contributed by atoms with van der Waals surface area (Å²) in [5.74, 6) is 1.01. The molecule has 0 aliphatic carbocycles. The van der Waals surface area contributed by atoms with E-state index in [1.165, 1.54) is 31.2 Å². The normalized spacial score (nSPS) is 12.3. The van der Waals surface area contributed by atoms with E-state index >= 15 is 0 Å². The lowest BCUT2D eigenvalue weighted by molar-refractivity contribution is 0.304. The number of benzene rings is 1. The van der Waals surface area contributed by atoms with Crippen LogP contribution in [0.3, 0.4) is 0 Å². The van der Waals surface area contributed by atoms with Crippen molar-refractivity contribution in [3.63, 3.8) is 0 Å². The van der Waals surface area contributed by atoms with Gasteiger partial charge in [-0.05, 0) is 37.1 Å². The van der Waals surface area contributed by atoms with E-state index in [2.05, 4.69) is 50.4 Å². The molecule has 1 unspecified atom stereocenters.